The summed E-state index contributed by atoms with van der Waals surface area (Å²) in [6.07, 6.45) is 0. The third-order valence-corrected chi connectivity index (χ3v) is 2.46. The first-order valence-corrected chi connectivity index (χ1v) is 5.77. The van der Waals surface area contributed by atoms with Gasteiger partial charge in [0.2, 0.25) is 5.91 Å². The molecule has 94 valence electrons. The molecule has 0 heterocycles. The third-order valence-electron chi connectivity index (χ3n) is 2.46. The van der Waals surface area contributed by atoms with Crippen molar-refractivity contribution in [3.05, 3.63) is 30.3 Å². The Morgan fingerprint density at radius 1 is 1.18 bits per heavy atom. The number of likely N-dealkylation sites (N-methyl/N-ethyl adjacent to an activating group) is 2. The predicted octanol–water partition coefficient (Wildman–Crippen LogP) is 0.801. The molecule has 0 saturated heterocycles. The third kappa shape index (κ3) is 5.36. The van der Waals surface area contributed by atoms with E-state index in [-0.39, 0.29) is 5.91 Å². The van der Waals surface area contributed by atoms with E-state index >= 15 is 0 Å². The van der Waals surface area contributed by atoms with Gasteiger partial charge in [0, 0.05) is 25.8 Å². The summed E-state index contributed by atoms with van der Waals surface area (Å²) in [5.41, 5.74) is 1.05. The van der Waals surface area contributed by atoms with Gasteiger partial charge in [0.15, 0.2) is 0 Å². The van der Waals surface area contributed by atoms with Crippen LogP contribution in [0, 0.1) is 0 Å². The summed E-state index contributed by atoms with van der Waals surface area (Å²) in [5, 5.41) is 2.89. The highest BCUT2D eigenvalue weighted by Gasteiger charge is 2.06. The maximum Gasteiger partial charge on any atom is 0.239 e. The second-order valence-electron chi connectivity index (χ2n) is 4.34. The SMILES string of the molecule is CN(C)CCNC(=O)CN(C)c1ccccc1. The molecule has 17 heavy (non-hydrogen) atoms. The van der Waals surface area contributed by atoms with Crippen molar-refractivity contribution in [2.75, 3.05) is 45.7 Å². The summed E-state index contributed by atoms with van der Waals surface area (Å²) < 4.78 is 0. The van der Waals surface area contributed by atoms with Crippen molar-refractivity contribution < 1.29 is 4.79 Å². The zero-order chi connectivity index (χ0) is 12.7. The van der Waals surface area contributed by atoms with E-state index in [0.717, 1.165) is 12.2 Å². The molecule has 0 unspecified atom stereocenters. The quantitative estimate of drug-likeness (QED) is 0.792. The average molecular weight is 235 g/mol. The zero-order valence-corrected chi connectivity index (χ0v) is 10.8. The minimum absolute atomic E-state index is 0.0539. The fourth-order valence-corrected chi connectivity index (χ4v) is 1.46. The van der Waals surface area contributed by atoms with Crippen LogP contribution in [0.4, 0.5) is 5.69 Å². The number of benzene rings is 1. The number of hydrogen-bond acceptors (Lipinski definition) is 3. The number of nitrogens with zero attached hydrogens (tertiary/aromatic N) is 2. The van der Waals surface area contributed by atoms with Gasteiger partial charge in [0.1, 0.15) is 0 Å². The van der Waals surface area contributed by atoms with Gasteiger partial charge in [0.25, 0.3) is 0 Å². The average Bonchev–Trinajstić information content (AvgIpc) is 2.29. The molecule has 0 radical (unpaired) electrons. The standard InChI is InChI=1S/C13H21N3O/c1-15(2)10-9-14-13(17)11-16(3)12-7-5-4-6-8-12/h4-8H,9-11H2,1-3H3,(H,14,17). The number of nitrogens with one attached hydrogen (secondary N) is 1. The normalized spacial score (nSPS) is 10.4. The van der Waals surface area contributed by atoms with Gasteiger partial charge in [-0.15, -0.1) is 0 Å². The summed E-state index contributed by atoms with van der Waals surface area (Å²) in [7, 11) is 5.89. The summed E-state index contributed by atoms with van der Waals surface area (Å²) in [6.45, 7) is 1.94. The molecule has 1 amide bonds. The molecule has 1 aromatic carbocycles. The largest absolute Gasteiger partial charge is 0.365 e. The van der Waals surface area contributed by atoms with E-state index in [1.807, 2.05) is 61.3 Å². The first-order valence-electron chi connectivity index (χ1n) is 5.77. The lowest BCUT2D eigenvalue weighted by Gasteiger charge is -2.19. The molecule has 0 saturated carbocycles. The van der Waals surface area contributed by atoms with Gasteiger partial charge in [-0.2, -0.15) is 0 Å². The zero-order valence-electron chi connectivity index (χ0n) is 10.8. The fraction of sp³-hybridized carbons (Fsp3) is 0.462. The maximum atomic E-state index is 11.6. The van der Waals surface area contributed by atoms with Crippen LogP contribution in [0.15, 0.2) is 30.3 Å². The molecular weight excluding hydrogens is 214 g/mol. The second-order valence-corrected chi connectivity index (χ2v) is 4.34. The highest BCUT2D eigenvalue weighted by molar-refractivity contribution is 5.81. The molecule has 0 spiro atoms. The number of anilines is 1. The predicted molar refractivity (Wildman–Crippen MR) is 71.3 cm³/mol. The number of amides is 1. The van der Waals surface area contributed by atoms with Crippen LogP contribution in [0.3, 0.4) is 0 Å². The minimum Gasteiger partial charge on any atom is -0.365 e. The molecule has 0 aromatic heterocycles. The molecule has 1 aromatic rings. The van der Waals surface area contributed by atoms with E-state index in [1.165, 1.54) is 0 Å². The van der Waals surface area contributed by atoms with Crippen LogP contribution in [0.2, 0.25) is 0 Å². The van der Waals surface area contributed by atoms with Gasteiger partial charge < -0.3 is 15.1 Å². The molecule has 0 bridgehead atoms. The lowest BCUT2D eigenvalue weighted by atomic mass is 10.3. The Hall–Kier alpha value is -1.55. The summed E-state index contributed by atoms with van der Waals surface area (Å²) in [6, 6.07) is 9.89. The summed E-state index contributed by atoms with van der Waals surface area (Å²) in [5.74, 6) is 0.0539. The lowest BCUT2D eigenvalue weighted by molar-refractivity contribution is -0.119. The molecule has 0 aliphatic carbocycles. The molecule has 4 heteroatoms. The molecule has 0 fully saturated rings. The number of carbonyl (C=O) groups excluding carboxylic acids is 1. The molecule has 4 nitrogen and oxygen atoms in total. The minimum atomic E-state index is 0.0539. The van der Waals surface area contributed by atoms with Crippen LogP contribution in [0.25, 0.3) is 0 Å². The molecule has 0 aliphatic rings. The van der Waals surface area contributed by atoms with Crippen molar-refractivity contribution >= 4 is 11.6 Å². The Balaban J connectivity index is 2.31. The number of hydrogen-bond donors (Lipinski definition) is 1. The van der Waals surface area contributed by atoms with E-state index in [4.69, 9.17) is 0 Å². The lowest BCUT2D eigenvalue weighted by Crippen LogP contribution is -2.38. The first kappa shape index (κ1) is 13.5. The molecule has 1 rings (SSSR count). The van der Waals surface area contributed by atoms with Crippen LogP contribution in [0.5, 0.6) is 0 Å². The van der Waals surface area contributed by atoms with Gasteiger partial charge in [-0.05, 0) is 26.2 Å². The molecule has 0 aliphatic heterocycles. The number of rotatable bonds is 6. The molecule has 1 N–H and O–H groups in total. The Labute approximate surface area is 103 Å². The van der Waals surface area contributed by atoms with Gasteiger partial charge in [-0.25, -0.2) is 0 Å². The fourth-order valence-electron chi connectivity index (χ4n) is 1.46. The topological polar surface area (TPSA) is 35.6 Å². The van der Waals surface area contributed by atoms with Crippen molar-refractivity contribution in [1.29, 1.82) is 0 Å². The van der Waals surface area contributed by atoms with Gasteiger partial charge in [-0.1, -0.05) is 18.2 Å². The van der Waals surface area contributed by atoms with Crippen molar-refractivity contribution in [3.63, 3.8) is 0 Å². The highest BCUT2D eigenvalue weighted by Crippen LogP contribution is 2.09. The van der Waals surface area contributed by atoms with Crippen LogP contribution in [0.1, 0.15) is 0 Å². The van der Waals surface area contributed by atoms with Crippen LogP contribution in [-0.4, -0.2) is 51.6 Å². The highest BCUT2D eigenvalue weighted by atomic mass is 16.2. The molecular formula is C13H21N3O. The smallest absolute Gasteiger partial charge is 0.239 e. The van der Waals surface area contributed by atoms with E-state index in [2.05, 4.69) is 5.32 Å². The Kier molecular flexibility index (Phi) is 5.49. The van der Waals surface area contributed by atoms with Crippen LogP contribution >= 0.6 is 0 Å². The van der Waals surface area contributed by atoms with Crippen molar-refractivity contribution in [1.82, 2.24) is 10.2 Å². The van der Waals surface area contributed by atoms with Crippen molar-refractivity contribution in [3.8, 4) is 0 Å². The van der Waals surface area contributed by atoms with Gasteiger partial charge in [0.05, 0.1) is 6.54 Å². The van der Waals surface area contributed by atoms with Crippen molar-refractivity contribution in [2.24, 2.45) is 0 Å². The Bertz CT molecular complexity index is 338. The first-order chi connectivity index (χ1) is 8.09. The summed E-state index contributed by atoms with van der Waals surface area (Å²) >= 11 is 0. The summed E-state index contributed by atoms with van der Waals surface area (Å²) in [4.78, 5) is 15.6. The molecule has 0 atom stereocenters. The van der Waals surface area contributed by atoms with Crippen LogP contribution < -0.4 is 10.2 Å². The van der Waals surface area contributed by atoms with E-state index in [0.29, 0.717) is 13.1 Å². The monoisotopic (exact) mass is 235 g/mol. The maximum absolute atomic E-state index is 11.6. The van der Waals surface area contributed by atoms with Gasteiger partial charge in [-0.3, -0.25) is 4.79 Å². The number of para-hydroxylation sites is 1. The van der Waals surface area contributed by atoms with Crippen LogP contribution in [-0.2, 0) is 4.79 Å². The van der Waals surface area contributed by atoms with Crippen molar-refractivity contribution in [2.45, 2.75) is 0 Å². The Morgan fingerprint density at radius 3 is 2.41 bits per heavy atom. The van der Waals surface area contributed by atoms with E-state index < -0.39 is 0 Å². The second kappa shape index (κ2) is 6.91. The Morgan fingerprint density at radius 2 is 1.82 bits per heavy atom. The van der Waals surface area contributed by atoms with E-state index in [1.54, 1.807) is 0 Å². The van der Waals surface area contributed by atoms with Gasteiger partial charge >= 0.3 is 0 Å². The van der Waals surface area contributed by atoms with E-state index in [9.17, 15) is 4.79 Å². The number of carbonyl (C=O) groups is 1.